The maximum Gasteiger partial charge on any atom is 0.270 e. The molecule has 176 valence electrons. The standard InChI is InChI=1S/C29H26N2O4/c1-28(2)25-10-6-7-11-26(25)30(19-22-18-24(31(34)35)16-17-27(22)32)29(28,33)23-14-12-21(13-15-23)20-8-4-3-5-9-20/h3-18,32-33H,19H2,1-2H3. The number of phenols is 1. The second-order valence-electron chi connectivity index (χ2n) is 9.41. The van der Waals surface area contributed by atoms with Crippen LogP contribution in [0.1, 0.15) is 30.5 Å². The minimum atomic E-state index is -1.47. The lowest BCUT2D eigenvalue weighted by molar-refractivity contribution is -0.384. The molecule has 2 N–H and O–H groups in total. The number of anilines is 1. The Bertz CT molecular complexity index is 1400. The highest BCUT2D eigenvalue weighted by Gasteiger charge is 2.57. The number of nitrogens with zero attached hydrogens (tertiary/aromatic N) is 2. The zero-order valence-corrected chi connectivity index (χ0v) is 19.6. The van der Waals surface area contributed by atoms with Crippen LogP contribution < -0.4 is 4.90 Å². The van der Waals surface area contributed by atoms with E-state index in [1.165, 1.54) is 18.2 Å². The van der Waals surface area contributed by atoms with Gasteiger partial charge in [-0.1, -0.05) is 86.6 Å². The fourth-order valence-electron chi connectivity index (χ4n) is 5.16. The molecule has 0 aromatic heterocycles. The summed E-state index contributed by atoms with van der Waals surface area (Å²) in [5.74, 6) is -0.0560. The number of fused-ring (bicyclic) bond motifs is 1. The highest BCUT2D eigenvalue weighted by Crippen LogP contribution is 2.56. The zero-order chi connectivity index (χ0) is 24.8. The molecule has 0 bridgehead atoms. The monoisotopic (exact) mass is 466 g/mol. The third-order valence-electron chi connectivity index (χ3n) is 7.13. The lowest BCUT2D eigenvalue weighted by atomic mass is 9.74. The van der Waals surface area contributed by atoms with Crippen molar-refractivity contribution in [1.29, 1.82) is 0 Å². The van der Waals surface area contributed by atoms with Crippen LogP contribution in [0.5, 0.6) is 5.75 Å². The highest BCUT2D eigenvalue weighted by molar-refractivity contribution is 5.69. The summed E-state index contributed by atoms with van der Waals surface area (Å²) in [4.78, 5) is 12.7. The Balaban J connectivity index is 1.63. The van der Waals surface area contributed by atoms with Gasteiger partial charge < -0.3 is 15.1 Å². The summed E-state index contributed by atoms with van der Waals surface area (Å²) in [7, 11) is 0. The van der Waals surface area contributed by atoms with E-state index in [4.69, 9.17) is 0 Å². The van der Waals surface area contributed by atoms with E-state index < -0.39 is 16.1 Å². The summed E-state index contributed by atoms with van der Waals surface area (Å²) >= 11 is 0. The molecule has 35 heavy (non-hydrogen) atoms. The van der Waals surface area contributed by atoms with Crippen molar-refractivity contribution in [2.75, 3.05) is 4.90 Å². The fourth-order valence-corrected chi connectivity index (χ4v) is 5.16. The largest absolute Gasteiger partial charge is 0.508 e. The zero-order valence-electron chi connectivity index (χ0n) is 19.6. The van der Waals surface area contributed by atoms with Gasteiger partial charge in [-0.2, -0.15) is 0 Å². The average Bonchev–Trinajstić information content (AvgIpc) is 3.04. The van der Waals surface area contributed by atoms with Crippen LogP contribution in [0.3, 0.4) is 0 Å². The third kappa shape index (κ3) is 3.54. The number of nitro groups is 1. The number of rotatable bonds is 5. The van der Waals surface area contributed by atoms with Gasteiger partial charge >= 0.3 is 0 Å². The van der Waals surface area contributed by atoms with Gasteiger partial charge in [-0.15, -0.1) is 0 Å². The van der Waals surface area contributed by atoms with E-state index in [0.717, 1.165) is 22.4 Å². The summed E-state index contributed by atoms with van der Waals surface area (Å²) in [5, 5.41) is 34.4. The molecule has 6 heteroatoms. The van der Waals surface area contributed by atoms with Crippen molar-refractivity contribution in [3.63, 3.8) is 0 Å². The van der Waals surface area contributed by atoms with Crippen molar-refractivity contribution in [3.05, 3.63) is 124 Å². The Morgan fingerprint density at radius 1 is 0.857 bits per heavy atom. The van der Waals surface area contributed by atoms with E-state index in [1.54, 1.807) is 0 Å². The summed E-state index contributed by atoms with van der Waals surface area (Å²) in [6.07, 6.45) is 0. The van der Waals surface area contributed by atoms with E-state index in [9.17, 15) is 20.3 Å². The average molecular weight is 467 g/mol. The van der Waals surface area contributed by atoms with Crippen LogP contribution in [-0.4, -0.2) is 15.1 Å². The van der Waals surface area contributed by atoms with Crippen LogP contribution in [0.15, 0.2) is 97.1 Å². The van der Waals surface area contributed by atoms with Crippen LogP contribution in [0.2, 0.25) is 0 Å². The molecule has 0 fully saturated rings. The molecule has 1 aliphatic heterocycles. The Morgan fingerprint density at radius 3 is 2.17 bits per heavy atom. The minimum absolute atomic E-state index is 0.0560. The van der Waals surface area contributed by atoms with E-state index in [1.807, 2.05) is 97.6 Å². The minimum Gasteiger partial charge on any atom is -0.508 e. The normalized spacial score (nSPS) is 18.3. The summed E-state index contributed by atoms with van der Waals surface area (Å²) in [5.41, 5.74) is 2.66. The second kappa shape index (κ2) is 8.25. The third-order valence-corrected chi connectivity index (χ3v) is 7.13. The van der Waals surface area contributed by atoms with Crippen LogP contribution >= 0.6 is 0 Å². The maximum absolute atomic E-state index is 12.5. The second-order valence-corrected chi connectivity index (χ2v) is 9.41. The first-order chi connectivity index (χ1) is 16.7. The Morgan fingerprint density at radius 2 is 1.49 bits per heavy atom. The molecule has 4 aromatic rings. The van der Waals surface area contributed by atoms with Crippen molar-refractivity contribution in [3.8, 4) is 16.9 Å². The molecule has 1 heterocycles. The van der Waals surface area contributed by atoms with Gasteiger partial charge in [0.2, 0.25) is 0 Å². The molecule has 4 aromatic carbocycles. The van der Waals surface area contributed by atoms with E-state index in [0.29, 0.717) is 11.1 Å². The van der Waals surface area contributed by atoms with Crippen LogP contribution in [-0.2, 0) is 17.7 Å². The molecule has 0 saturated heterocycles. The number of non-ortho nitro benzene ring substituents is 1. The Labute approximate surface area is 203 Å². The van der Waals surface area contributed by atoms with E-state index >= 15 is 0 Å². The van der Waals surface area contributed by atoms with Crippen molar-refractivity contribution in [2.24, 2.45) is 0 Å². The molecular formula is C29H26N2O4. The van der Waals surface area contributed by atoms with E-state index in [2.05, 4.69) is 0 Å². The van der Waals surface area contributed by atoms with Crippen LogP contribution in [0.4, 0.5) is 11.4 Å². The lowest BCUT2D eigenvalue weighted by Crippen LogP contribution is -2.52. The molecule has 1 unspecified atom stereocenters. The predicted octanol–water partition coefficient (Wildman–Crippen LogP) is 6.11. The Kier molecular flexibility index (Phi) is 5.33. The quantitative estimate of drug-likeness (QED) is 0.274. The molecule has 6 nitrogen and oxygen atoms in total. The number of phenolic OH excluding ortho intramolecular Hbond substituents is 1. The number of aliphatic hydroxyl groups is 1. The first-order valence-electron chi connectivity index (χ1n) is 11.5. The first kappa shape index (κ1) is 22.6. The van der Waals surface area contributed by atoms with Crippen LogP contribution in [0, 0.1) is 10.1 Å². The van der Waals surface area contributed by atoms with Gasteiger partial charge in [-0.25, -0.2) is 0 Å². The maximum atomic E-state index is 12.5. The number of nitro benzene ring substituents is 1. The smallest absolute Gasteiger partial charge is 0.270 e. The molecule has 1 atom stereocenters. The number of hydrogen-bond acceptors (Lipinski definition) is 5. The van der Waals surface area contributed by atoms with Crippen LogP contribution in [0.25, 0.3) is 11.1 Å². The molecule has 0 aliphatic carbocycles. The molecule has 0 amide bonds. The summed E-state index contributed by atoms with van der Waals surface area (Å²) in [6.45, 7) is 4.07. The topological polar surface area (TPSA) is 86.8 Å². The van der Waals surface area contributed by atoms with Gasteiger partial charge in [-0.3, -0.25) is 10.1 Å². The van der Waals surface area contributed by atoms with Crippen molar-refractivity contribution in [1.82, 2.24) is 0 Å². The number of aromatic hydroxyl groups is 1. The first-order valence-corrected chi connectivity index (χ1v) is 11.5. The summed E-state index contributed by atoms with van der Waals surface area (Å²) in [6, 6.07) is 29.6. The van der Waals surface area contributed by atoms with Gasteiger partial charge in [0.05, 0.1) is 4.92 Å². The molecule has 5 rings (SSSR count). The number of benzene rings is 4. The predicted molar refractivity (Wildman–Crippen MR) is 136 cm³/mol. The van der Waals surface area contributed by atoms with E-state index in [-0.39, 0.29) is 18.0 Å². The fraction of sp³-hybridized carbons (Fsp3) is 0.172. The molecule has 0 spiro atoms. The number of para-hydroxylation sites is 1. The summed E-state index contributed by atoms with van der Waals surface area (Å²) < 4.78 is 0. The molecule has 1 aliphatic rings. The van der Waals surface area contributed by atoms with Crippen molar-refractivity contribution < 1.29 is 15.1 Å². The van der Waals surface area contributed by atoms with Gasteiger partial charge in [0.25, 0.3) is 5.69 Å². The van der Waals surface area contributed by atoms with Crippen molar-refractivity contribution in [2.45, 2.75) is 31.5 Å². The molecule has 0 saturated carbocycles. The van der Waals surface area contributed by atoms with Gasteiger partial charge in [0, 0.05) is 40.9 Å². The molecular weight excluding hydrogens is 440 g/mol. The highest BCUT2D eigenvalue weighted by atomic mass is 16.6. The lowest BCUT2D eigenvalue weighted by Gasteiger charge is -2.44. The van der Waals surface area contributed by atoms with Gasteiger partial charge in [0.15, 0.2) is 5.72 Å². The van der Waals surface area contributed by atoms with Gasteiger partial charge in [-0.05, 0) is 28.8 Å². The molecule has 0 radical (unpaired) electrons. The van der Waals surface area contributed by atoms with Gasteiger partial charge in [0.1, 0.15) is 5.75 Å². The number of hydrogen-bond donors (Lipinski definition) is 2. The Hall–Kier alpha value is -4.16. The van der Waals surface area contributed by atoms with Crippen molar-refractivity contribution >= 4 is 11.4 Å². The SMILES string of the molecule is CC1(C)c2ccccc2N(Cc2cc([N+](=O)[O-])ccc2O)C1(O)c1ccc(-c2ccccc2)cc1.